The van der Waals surface area contributed by atoms with E-state index in [1.807, 2.05) is 4.90 Å². The van der Waals surface area contributed by atoms with Crippen molar-refractivity contribution in [2.24, 2.45) is 11.7 Å². The second kappa shape index (κ2) is 6.41. The quantitative estimate of drug-likeness (QED) is 0.824. The number of likely N-dealkylation sites (tertiary alicyclic amines) is 1. The van der Waals surface area contributed by atoms with E-state index in [9.17, 15) is 4.79 Å². The monoisotopic (exact) mass is 311 g/mol. The summed E-state index contributed by atoms with van der Waals surface area (Å²) in [6.45, 7) is 3.78. The highest BCUT2D eigenvalue weighted by Crippen LogP contribution is 2.24. The summed E-state index contributed by atoms with van der Waals surface area (Å²) in [5.41, 5.74) is 6.81. The predicted molar refractivity (Wildman–Crippen MR) is 86.3 cm³/mol. The van der Waals surface area contributed by atoms with Gasteiger partial charge in [-0.2, -0.15) is 0 Å². The number of thiocarbonyl (C=S) groups is 1. The first-order valence-corrected chi connectivity index (χ1v) is 7.41. The van der Waals surface area contributed by atoms with Gasteiger partial charge in [0.25, 0.3) is 0 Å². The molecule has 1 fully saturated rings. The number of rotatable bonds is 2. The van der Waals surface area contributed by atoms with E-state index >= 15 is 0 Å². The fourth-order valence-electron chi connectivity index (χ4n) is 2.18. The van der Waals surface area contributed by atoms with Crippen molar-refractivity contribution in [3.63, 3.8) is 0 Å². The van der Waals surface area contributed by atoms with Gasteiger partial charge in [-0.25, -0.2) is 4.79 Å². The molecule has 1 saturated heterocycles. The maximum atomic E-state index is 12.2. The van der Waals surface area contributed by atoms with Crippen molar-refractivity contribution in [2.75, 3.05) is 18.4 Å². The lowest BCUT2D eigenvalue weighted by Gasteiger charge is -2.30. The van der Waals surface area contributed by atoms with Gasteiger partial charge in [0.1, 0.15) is 4.99 Å². The second-order valence-corrected chi connectivity index (χ2v) is 6.01. The summed E-state index contributed by atoms with van der Waals surface area (Å²) in [7, 11) is 0. The van der Waals surface area contributed by atoms with Crippen molar-refractivity contribution >= 4 is 40.5 Å². The number of nitrogens with one attached hydrogen (secondary N) is 1. The van der Waals surface area contributed by atoms with Gasteiger partial charge in [-0.3, -0.25) is 0 Å². The Morgan fingerprint density at radius 3 is 2.65 bits per heavy atom. The number of benzene rings is 1. The Hall–Kier alpha value is -1.33. The van der Waals surface area contributed by atoms with E-state index in [0.29, 0.717) is 22.2 Å². The number of hydrogen-bond acceptors (Lipinski definition) is 2. The van der Waals surface area contributed by atoms with Gasteiger partial charge in [0.15, 0.2) is 0 Å². The number of halogens is 1. The first-order chi connectivity index (χ1) is 9.47. The third kappa shape index (κ3) is 3.61. The van der Waals surface area contributed by atoms with Gasteiger partial charge in [-0.1, -0.05) is 30.7 Å². The molecule has 1 aromatic rings. The molecule has 1 aliphatic rings. The van der Waals surface area contributed by atoms with Crippen molar-refractivity contribution < 1.29 is 4.79 Å². The molecule has 0 spiro atoms. The first kappa shape index (κ1) is 15.1. The minimum absolute atomic E-state index is 0.109. The molecular weight excluding hydrogens is 294 g/mol. The summed E-state index contributed by atoms with van der Waals surface area (Å²) in [6.07, 6.45) is 2.09. The van der Waals surface area contributed by atoms with Crippen molar-refractivity contribution in [3.05, 3.63) is 28.8 Å². The van der Waals surface area contributed by atoms with Gasteiger partial charge < -0.3 is 16.0 Å². The van der Waals surface area contributed by atoms with E-state index in [1.165, 1.54) is 0 Å². The highest BCUT2D eigenvalue weighted by Gasteiger charge is 2.20. The number of carbonyl (C=O) groups excluding carboxylic acids is 1. The van der Waals surface area contributed by atoms with Crippen LogP contribution in [0.15, 0.2) is 18.2 Å². The van der Waals surface area contributed by atoms with Crippen LogP contribution in [0.3, 0.4) is 0 Å². The van der Waals surface area contributed by atoms with E-state index in [2.05, 4.69) is 12.2 Å². The van der Waals surface area contributed by atoms with Crippen LogP contribution in [-0.4, -0.2) is 29.0 Å². The third-order valence-corrected chi connectivity index (χ3v) is 4.11. The van der Waals surface area contributed by atoms with Crippen LogP contribution < -0.4 is 11.1 Å². The van der Waals surface area contributed by atoms with Gasteiger partial charge in [-0.15, -0.1) is 0 Å². The zero-order valence-electron chi connectivity index (χ0n) is 11.4. The topological polar surface area (TPSA) is 58.4 Å². The van der Waals surface area contributed by atoms with Crippen LogP contribution in [-0.2, 0) is 0 Å². The Kier molecular flexibility index (Phi) is 4.83. The lowest BCUT2D eigenvalue weighted by Crippen LogP contribution is -2.40. The summed E-state index contributed by atoms with van der Waals surface area (Å²) < 4.78 is 0. The molecule has 1 aromatic carbocycles. The van der Waals surface area contributed by atoms with Gasteiger partial charge in [0.2, 0.25) is 0 Å². The molecule has 4 nitrogen and oxygen atoms in total. The standard InChI is InChI=1S/C14H18ClN3OS/c1-9-4-6-18(7-5-9)14(19)17-12-3-2-10(13(16)20)8-11(12)15/h2-3,8-9H,4-7H2,1H3,(H2,16,20)(H,17,19). The molecule has 0 atom stereocenters. The van der Waals surface area contributed by atoms with Crippen LogP contribution in [0.25, 0.3) is 0 Å². The summed E-state index contributed by atoms with van der Waals surface area (Å²) >= 11 is 11.0. The molecule has 2 rings (SSSR count). The lowest BCUT2D eigenvalue weighted by molar-refractivity contribution is 0.186. The van der Waals surface area contributed by atoms with Gasteiger partial charge in [0, 0.05) is 18.7 Å². The van der Waals surface area contributed by atoms with Gasteiger partial charge >= 0.3 is 6.03 Å². The first-order valence-electron chi connectivity index (χ1n) is 6.62. The second-order valence-electron chi connectivity index (χ2n) is 5.16. The number of urea groups is 1. The predicted octanol–water partition coefficient (Wildman–Crippen LogP) is 3.24. The van der Waals surface area contributed by atoms with Crippen LogP contribution in [0.5, 0.6) is 0 Å². The molecule has 2 amide bonds. The van der Waals surface area contributed by atoms with Crippen molar-refractivity contribution in [2.45, 2.75) is 19.8 Å². The fourth-order valence-corrected chi connectivity index (χ4v) is 2.53. The van der Waals surface area contributed by atoms with Crippen LogP contribution in [0, 0.1) is 5.92 Å². The average molecular weight is 312 g/mol. The largest absolute Gasteiger partial charge is 0.389 e. The average Bonchev–Trinajstić information content (AvgIpc) is 2.41. The zero-order valence-corrected chi connectivity index (χ0v) is 12.9. The van der Waals surface area contributed by atoms with Crippen LogP contribution in [0.2, 0.25) is 5.02 Å². The smallest absolute Gasteiger partial charge is 0.321 e. The molecule has 1 heterocycles. The molecule has 0 unspecified atom stereocenters. The van der Waals surface area contributed by atoms with Crippen LogP contribution in [0.1, 0.15) is 25.3 Å². The number of anilines is 1. The van der Waals surface area contributed by atoms with E-state index in [1.54, 1.807) is 18.2 Å². The van der Waals surface area contributed by atoms with E-state index in [0.717, 1.165) is 25.9 Å². The van der Waals surface area contributed by atoms with Crippen molar-refractivity contribution in [3.8, 4) is 0 Å². The van der Waals surface area contributed by atoms with Crippen molar-refractivity contribution in [1.82, 2.24) is 4.90 Å². The molecule has 0 saturated carbocycles. The SMILES string of the molecule is CC1CCN(C(=O)Nc2ccc(C(N)=S)cc2Cl)CC1. The van der Waals surface area contributed by atoms with Crippen LogP contribution >= 0.6 is 23.8 Å². The summed E-state index contributed by atoms with van der Waals surface area (Å²) in [5.74, 6) is 0.687. The third-order valence-electron chi connectivity index (χ3n) is 3.57. The number of amides is 2. The lowest BCUT2D eigenvalue weighted by atomic mass is 10.00. The molecule has 0 aromatic heterocycles. The molecular formula is C14H18ClN3OS. The number of hydrogen-bond donors (Lipinski definition) is 2. The highest BCUT2D eigenvalue weighted by atomic mass is 35.5. The molecule has 0 radical (unpaired) electrons. The van der Waals surface area contributed by atoms with Crippen LogP contribution in [0.4, 0.5) is 10.5 Å². The Bertz CT molecular complexity index is 527. The maximum Gasteiger partial charge on any atom is 0.321 e. The molecule has 6 heteroatoms. The number of piperidine rings is 1. The molecule has 0 bridgehead atoms. The number of nitrogens with two attached hydrogens (primary N) is 1. The fraction of sp³-hybridized carbons (Fsp3) is 0.429. The Balaban J connectivity index is 2.02. The minimum atomic E-state index is -0.109. The van der Waals surface area contributed by atoms with Crippen molar-refractivity contribution in [1.29, 1.82) is 0 Å². The minimum Gasteiger partial charge on any atom is -0.389 e. The van der Waals surface area contributed by atoms with Gasteiger partial charge in [0.05, 0.1) is 10.7 Å². The molecule has 0 aliphatic carbocycles. The molecule has 108 valence electrons. The highest BCUT2D eigenvalue weighted by molar-refractivity contribution is 7.80. The number of nitrogens with zero attached hydrogens (tertiary/aromatic N) is 1. The number of carbonyl (C=O) groups is 1. The maximum absolute atomic E-state index is 12.2. The molecule has 3 N–H and O–H groups in total. The van der Waals surface area contributed by atoms with E-state index in [-0.39, 0.29) is 11.0 Å². The molecule has 1 aliphatic heterocycles. The summed E-state index contributed by atoms with van der Waals surface area (Å²) in [4.78, 5) is 14.3. The summed E-state index contributed by atoms with van der Waals surface area (Å²) in [5, 5.41) is 3.27. The van der Waals surface area contributed by atoms with Gasteiger partial charge in [-0.05, 0) is 37.0 Å². The zero-order chi connectivity index (χ0) is 14.7. The Labute approximate surface area is 129 Å². The van der Waals surface area contributed by atoms with E-state index < -0.39 is 0 Å². The van der Waals surface area contributed by atoms with E-state index in [4.69, 9.17) is 29.6 Å². The Morgan fingerprint density at radius 2 is 2.10 bits per heavy atom. The Morgan fingerprint density at radius 1 is 1.45 bits per heavy atom. The normalized spacial score (nSPS) is 16.0. The molecule has 20 heavy (non-hydrogen) atoms. The summed E-state index contributed by atoms with van der Waals surface area (Å²) in [6, 6.07) is 5.03.